The molecule has 2 aromatic carbocycles. The molecule has 0 bridgehead atoms. The van der Waals surface area contributed by atoms with Crippen molar-refractivity contribution < 1.29 is 19.4 Å². The van der Waals surface area contributed by atoms with Crippen LogP contribution in [0.3, 0.4) is 0 Å². The van der Waals surface area contributed by atoms with Crippen LogP contribution in [0, 0.1) is 11.3 Å². The van der Waals surface area contributed by atoms with Gasteiger partial charge in [0, 0.05) is 5.56 Å². The number of carboxylic acids is 1. The van der Waals surface area contributed by atoms with Gasteiger partial charge in [0.1, 0.15) is 5.75 Å². The van der Waals surface area contributed by atoms with Crippen LogP contribution in [0.4, 0.5) is 0 Å². The lowest BCUT2D eigenvalue weighted by Crippen LogP contribution is -2.18. The average molecular weight is 450 g/mol. The van der Waals surface area contributed by atoms with Crippen molar-refractivity contribution in [1.82, 2.24) is 0 Å². The summed E-state index contributed by atoms with van der Waals surface area (Å²) < 4.78 is 11.9. The van der Waals surface area contributed by atoms with Crippen molar-refractivity contribution >= 4 is 5.97 Å². The lowest BCUT2D eigenvalue weighted by atomic mass is 10.0. The van der Waals surface area contributed by atoms with E-state index in [9.17, 15) is 4.79 Å². The van der Waals surface area contributed by atoms with E-state index in [1.807, 2.05) is 48.5 Å². The number of benzene rings is 2. The van der Waals surface area contributed by atoms with Gasteiger partial charge in [0.25, 0.3) is 0 Å². The van der Waals surface area contributed by atoms with Gasteiger partial charge in [-0.15, -0.1) is 0 Å². The summed E-state index contributed by atoms with van der Waals surface area (Å²) >= 11 is 0. The van der Waals surface area contributed by atoms with E-state index in [-0.39, 0.29) is 11.7 Å². The molecule has 5 heteroatoms. The van der Waals surface area contributed by atoms with E-state index in [1.165, 1.54) is 38.9 Å². The first-order valence-corrected chi connectivity index (χ1v) is 11.8. The largest absolute Gasteiger partial charge is 0.501 e. The molecule has 0 heterocycles. The monoisotopic (exact) mass is 449 g/mol. The number of carboxylic acid groups (broad SMARTS) is 1. The van der Waals surface area contributed by atoms with Gasteiger partial charge >= 0.3 is 5.97 Å². The van der Waals surface area contributed by atoms with Gasteiger partial charge in [0.2, 0.25) is 0 Å². The number of para-hydroxylation sites is 1. The number of rotatable bonds is 15. The zero-order valence-corrected chi connectivity index (χ0v) is 19.8. The number of aliphatic carboxylic acids is 1. The highest BCUT2D eigenvalue weighted by Crippen LogP contribution is 2.32. The zero-order valence-electron chi connectivity index (χ0n) is 19.8. The first-order valence-electron chi connectivity index (χ1n) is 11.8. The Morgan fingerprint density at radius 3 is 2.42 bits per heavy atom. The van der Waals surface area contributed by atoms with Crippen LogP contribution >= 0.6 is 0 Å². The van der Waals surface area contributed by atoms with Crippen LogP contribution in [0.15, 0.2) is 60.4 Å². The normalized spacial score (nSPS) is 12.1. The number of nitrogens with zero attached hydrogens (tertiary/aromatic N) is 1. The highest BCUT2D eigenvalue weighted by molar-refractivity contribution is 5.85. The van der Waals surface area contributed by atoms with Gasteiger partial charge in [-0.25, -0.2) is 4.79 Å². The Hall–Kier alpha value is -3.26. The van der Waals surface area contributed by atoms with Crippen LogP contribution in [0.5, 0.6) is 5.75 Å². The third-order valence-corrected chi connectivity index (χ3v) is 5.52. The van der Waals surface area contributed by atoms with Crippen LogP contribution in [0.25, 0.3) is 11.1 Å². The predicted molar refractivity (Wildman–Crippen MR) is 131 cm³/mol. The van der Waals surface area contributed by atoms with Crippen LogP contribution in [-0.4, -0.2) is 23.8 Å². The molecular weight excluding hydrogens is 414 g/mol. The number of unbranched alkanes of at least 4 members (excludes halogenated alkanes) is 4. The molecule has 0 aliphatic heterocycles. The lowest BCUT2D eigenvalue weighted by Gasteiger charge is -2.21. The summed E-state index contributed by atoms with van der Waals surface area (Å²) in [5.41, 5.74) is 2.85. The molecule has 2 aromatic rings. The van der Waals surface area contributed by atoms with Crippen molar-refractivity contribution in [2.24, 2.45) is 0 Å². The first-order chi connectivity index (χ1) is 16.0. The molecular formula is C28H35NO4. The molecule has 5 nitrogen and oxygen atoms in total. The second-order valence-corrected chi connectivity index (χ2v) is 8.25. The number of ether oxygens (including phenoxy) is 2. The summed E-state index contributed by atoms with van der Waals surface area (Å²) in [6.07, 6.45) is 9.97. The SMILES string of the molecule is CCCCCCCC(CCCOC=C(C)C(=O)O)Oc1ccccc1-c1ccc(C#N)cc1. The summed E-state index contributed by atoms with van der Waals surface area (Å²) in [5, 5.41) is 18.0. The Labute approximate surface area is 197 Å². The molecule has 1 N–H and O–H groups in total. The lowest BCUT2D eigenvalue weighted by molar-refractivity contribution is -0.132. The Bertz CT molecular complexity index is 928. The number of nitriles is 1. The second-order valence-electron chi connectivity index (χ2n) is 8.25. The molecule has 0 amide bonds. The van der Waals surface area contributed by atoms with E-state index in [4.69, 9.17) is 19.8 Å². The molecule has 0 saturated heterocycles. The van der Waals surface area contributed by atoms with Crippen LogP contribution in [0.1, 0.15) is 70.8 Å². The average Bonchev–Trinajstić information content (AvgIpc) is 2.83. The molecule has 0 aliphatic carbocycles. The van der Waals surface area contributed by atoms with Gasteiger partial charge in [-0.2, -0.15) is 5.26 Å². The maximum absolute atomic E-state index is 10.9. The number of hydrogen-bond donors (Lipinski definition) is 1. The molecule has 1 atom stereocenters. The minimum atomic E-state index is -0.970. The Kier molecular flexibility index (Phi) is 11.6. The van der Waals surface area contributed by atoms with Gasteiger partial charge in [-0.1, -0.05) is 62.9 Å². The highest BCUT2D eigenvalue weighted by atomic mass is 16.5. The fourth-order valence-corrected chi connectivity index (χ4v) is 3.58. The van der Waals surface area contributed by atoms with Crippen LogP contribution in [0.2, 0.25) is 0 Å². The maximum Gasteiger partial charge on any atom is 0.334 e. The quantitative estimate of drug-likeness (QED) is 0.178. The second kappa shape index (κ2) is 14.7. The standard InChI is InChI=1S/C28H35NO4/c1-3-4-5-6-7-11-25(12-10-19-32-21-22(2)28(30)31)33-27-14-9-8-13-26(27)24-17-15-23(20-29)16-18-24/h8-9,13-18,21,25H,3-7,10-12,19H2,1-2H3,(H,30,31). The van der Waals surface area contributed by atoms with E-state index in [2.05, 4.69) is 13.0 Å². The summed E-state index contributed by atoms with van der Waals surface area (Å²) in [5.74, 6) is -0.133. The Morgan fingerprint density at radius 1 is 1.03 bits per heavy atom. The Balaban J connectivity index is 2.04. The van der Waals surface area contributed by atoms with Crippen molar-refractivity contribution in [2.45, 2.75) is 71.3 Å². The van der Waals surface area contributed by atoms with Gasteiger partial charge in [-0.3, -0.25) is 0 Å². The van der Waals surface area contributed by atoms with E-state index in [0.29, 0.717) is 12.2 Å². The summed E-state index contributed by atoms with van der Waals surface area (Å²) in [6.45, 7) is 4.19. The van der Waals surface area contributed by atoms with Gasteiger partial charge < -0.3 is 14.6 Å². The molecule has 0 aromatic heterocycles. The molecule has 0 radical (unpaired) electrons. The van der Waals surface area contributed by atoms with E-state index >= 15 is 0 Å². The maximum atomic E-state index is 10.9. The summed E-state index contributed by atoms with van der Waals surface area (Å²) in [6, 6.07) is 17.7. The topological polar surface area (TPSA) is 79.6 Å². The van der Waals surface area contributed by atoms with Crippen molar-refractivity contribution in [2.75, 3.05) is 6.61 Å². The van der Waals surface area contributed by atoms with Crippen LogP contribution < -0.4 is 4.74 Å². The minimum absolute atomic E-state index is 0.0549. The summed E-state index contributed by atoms with van der Waals surface area (Å²) in [4.78, 5) is 10.9. The van der Waals surface area contributed by atoms with Crippen molar-refractivity contribution in [3.05, 3.63) is 65.9 Å². The molecule has 0 aliphatic rings. The van der Waals surface area contributed by atoms with Gasteiger partial charge in [0.05, 0.1) is 36.2 Å². The fraction of sp³-hybridized carbons (Fsp3) is 0.429. The first kappa shape index (κ1) is 26.0. The smallest absolute Gasteiger partial charge is 0.334 e. The van der Waals surface area contributed by atoms with E-state index < -0.39 is 5.97 Å². The highest BCUT2D eigenvalue weighted by Gasteiger charge is 2.14. The van der Waals surface area contributed by atoms with E-state index in [0.717, 1.165) is 42.6 Å². The molecule has 33 heavy (non-hydrogen) atoms. The predicted octanol–water partition coefficient (Wildman–Crippen LogP) is 7.12. The minimum Gasteiger partial charge on any atom is -0.501 e. The van der Waals surface area contributed by atoms with Gasteiger partial charge in [0.15, 0.2) is 0 Å². The molecule has 0 saturated carbocycles. The molecule has 0 spiro atoms. The van der Waals surface area contributed by atoms with Crippen molar-refractivity contribution in [3.63, 3.8) is 0 Å². The molecule has 0 fully saturated rings. The van der Waals surface area contributed by atoms with Crippen LogP contribution in [-0.2, 0) is 9.53 Å². The number of hydrogen-bond acceptors (Lipinski definition) is 4. The number of carbonyl (C=O) groups is 1. The molecule has 2 rings (SSSR count). The fourth-order valence-electron chi connectivity index (χ4n) is 3.58. The zero-order chi connectivity index (χ0) is 23.9. The molecule has 176 valence electrons. The third kappa shape index (κ3) is 9.41. The summed E-state index contributed by atoms with van der Waals surface area (Å²) in [7, 11) is 0. The third-order valence-electron chi connectivity index (χ3n) is 5.52. The van der Waals surface area contributed by atoms with Gasteiger partial charge in [-0.05, 0) is 56.4 Å². The van der Waals surface area contributed by atoms with Crippen molar-refractivity contribution in [1.29, 1.82) is 5.26 Å². The Morgan fingerprint density at radius 2 is 1.73 bits per heavy atom. The van der Waals surface area contributed by atoms with E-state index in [1.54, 1.807) is 0 Å². The van der Waals surface area contributed by atoms with Crippen molar-refractivity contribution in [3.8, 4) is 22.9 Å². The molecule has 1 unspecified atom stereocenters.